The highest BCUT2D eigenvalue weighted by atomic mass is 19.1. The van der Waals surface area contributed by atoms with Gasteiger partial charge in [-0.25, -0.2) is 23.5 Å². The van der Waals surface area contributed by atoms with Crippen LogP contribution in [-0.4, -0.2) is 90.0 Å². The zero-order valence-corrected chi connectivity index (χ0v) is 31.5. The van der Waals surface area contributed by atoms with Gasteiger partial charge in [-0.3, -0.25) is 33.7 Å². The predicted octanol–water partition coefficient (Wildman–Crippen LogP) is 6.20. The third-order valence-electron chi connectivity index (χ3n) is 11.7. The number of nitrogens with zero attached hydrogens (tertiary/aromatic N) is 10. The summed E-state index contributed by atoms with van der Waals surface area (Å²) in [6.45, 7) is 6.82. The van der Waals surface area contributed by atoms with Crippen LogP contribution in [0.3, 0.4) is 0 Å². The number of benzene rings is 2. The number of anilines is 4. The molecule has 0 radical (unpaired) electrons. The van der Waals surface area contributed by atoms with Crippen LogP contribution in [0, 0.1) is 24.5 Å². The fourth-order valence-corrected chi connectivity index (χ4v) is 8.59. The number of fused-ring (bicyclic) bond motifs is 2. The molecule has 2 aliphatic heterocycles. The summed E-state index contributed by atoms with van der Waals surface area (Å²) in [4.78, 5) is 39.9. The minimum Gasteiger partial charge on any atom is -0.367 e. The van der Waals surface area contributed by atoms with Crippen molar-refractivity contribution in [1.29, 1.82) is 0 Å². The number of aryl methyl sites for hydroxylation is 2. The summed E-state index contributed by atoms with van der Waals surface area (Å²) in [5, 5.41) is 16.1. The number of piperazine rings is 1. The number of imidazole rings is 1. The second kappa shape index (κ2) is 14.6. The molecule has 0 bridgehead atoms. The number of para-hydroxylation sites is 1. The fraction of sp³-hybridized carbons (Fsp3) is 0.400. The van der Waals surface area contributed by atoms with Gasteiger partial charge >= 0.3 is 6.03 Å². The van der Waals surface area contributed by atoms with E-state index in [2.05, 4.69) is 41.1 Å². The Morgan fingerprint density at radius 1 is 0.964 bits per heavy atom. The van der Waals surface area contributed by atoms with Gasteiger partial charge in [0.15, 0.2) is 17.3 Å². The SMILES string of the molecule is Cc1cc(-c2cnc(Nc3cnn(C4CCC(CCN5CCN(c6cccc7c(N8CCC(=O)NC8=O)nn(C)c67)CC5)CC4)c3)c3nccn23)c(F)cc1F. The fourth-order valence-electron chi connectivity index (χ4n) is 8.59. The summed E-state index contributed by atoms with van der Waals surface area (Å²) in [5.41, 5.74) is 4.54. The summed E-state index contributed by atoms with van der Waals surface area (Å²) in [5.74, 6) is 0.298. The molecule has 0 spiro atoms. The molecule has 9 rings (SSSR count). The normalized spacial score (nSPS) is 19.6. The molecule has 290 valence electrons. The average molecular weight is 763 g/mol. The van der Waals surface area contributed by atoms with Gasteiger partial charge in [0.1, 0.15) is 11.6 Å². The number of aromatic nitrogens is 7. The maximum atomic E-state index is 14.8. The van der Waals surface area contributed by atoms with Gasteiger partial charge in [0.2, 0.25) is 5.91 Å². The molecule has 3 aliphatic rings. The molecule has 3 amide bonds. The topological polar surface area (TPSA) is 134 Å². The van der Waals surface area contributed by atoms with Gasteiger partial charge in [-0.1, -0.05) is 6.07 Å². The zero-order valence-electron chi connectivity index (χ0n) is 31.5. The number of imide groups is 1. The first-order valence-electron chi connectivity index (χ1n) is 19.3. The van der Waals surface area contributed by atoms with Gasteiger partial charge in [0, 0.05) is 81.8 Å². The van der Waals surface area contributed by atoms with E-state index in [-0.39, 0.29) is 17.9 Å². The molecule has 2 N–H and O–H groups in total. The van der Waals surface area contributed by atoms with E-state index < -0.39 is 17.7 Å². The number of urea groups is 1. The lowest BCUT2D eigenvalue weighted by molar-refractivity contribution is -0.120. The molecule has 0 unspecified atom stereocenters. The molecule has 14 nitrogen and oxygen atoms in total. The standard InChI is InChI=1S/C40H44F2N12O2/c1-25-20-30(32(42)21-31(25)41)34-23-44-37(39-43-12-15-52(34)39)46-27-22-45-54(24-27)28-8-6-26(7-9-28)10-13-50-16-18-51(19-17-50)33-5-3-4-29-36(33)49(2)48-38(29)53-14-11-35(55)47-40(53)56/h3-5,12,15,20-24,26,28H,6-11,13-14,16-19H2,1-2H3,(H,44,46)(H,47,55,56). The van der Waals surface area contributed by atoms with E-state index in [0.717, 1.165) is 73.9 Å². The highest BCUT2D eigenvalue weighted by Crippen LogP contribution is 2.36. The van der Waals surface area contributed by atoms with Crippen LogP contribution in [-0.2, 0) is 11.8 Å². The van der Waals surface area contributed by atoms with Gasteiger partial charge < -0.3 is 10.2 Å². The number of nitrogens with one attached hydrogen (secondary N) is 2. The molecular weight excluding hydrogens is 719 g/mol. The van der Waals surface area contributed by atoms with Crippen LogP contribution in [0.2, 0.25) is 0 Å². The van der Waals surface area contributed by atoms with E-state index in [1.807, 2.05) is 30.1 Å². The molecule has 16 heteroatoms. The largest absolute Gasteiger partial charge is 0.367 e. The average Bonchev–Trinajstić information content (AvgIpc) is 3.96. The Bertz CT molecular complexity index is 2440. The van der Waals surface area contributed by atoms with E-state index in [1.54, 1.807) is 41.0 Å². The van der Waals surface area contributed by atoms with Crippen LogP contribution in [0.5, 0.6) is 0 Å². The van der Waals surface area contributed by atoms with Gasteiger partial charge in [-0.05, 0) is 75.3 Å². The minimum atomic E-state index is -0.653. The molecule has 6 heterocycles. The van der Waals surface area contributed by atoms with Crippen molar-refractivity contribution >= 4 is 51.5 Å². The summed E-state index contributed by atoms with van der Waals surface area (Å²) in [7, 11) is 1.91. The van der Waals surface area contributed by atoms with E-state index >= 15 is 0 Å². The van der Waals surface area contributed by atoms with Crippen molar-refractivity contribution in [2.45, 2.75) is 51.5 Å². The van der Waals surface area contributed by atoms with Crippen LogP contribution in [0.1, 0.15) is 50.1 Å². The highest BCUT2D eigenvalue weighted by molar-refractivity contribution is 6.10. The molecule has 1 saturated carbocycles. The number of rotatable bonds is 9. The quantitative estimate of drug-likeness (QED) is 0.177. The molecule has 0 atom stereocenters. The van der Waals surface area contributed by atoms with Crippen LogP contribution < -0.4 is 20.4 Å². The molecule has 2 aromatic carbocycles. The first-order chi connectivity index (χ1) is 27.2. The number of carbonyl (C=O) groups excluding carboxylic acids is 2. The van der Waals surface area contributed by atoms with Crippen molar-refractivity contribution in [2.75, 3.05) is 54.4 Å². The summed E-state index contributed by atoms with van der Waals surface area (Å²) >= 11 is 0. The van der Waals surface area contributed by atoms with E-state index in [1.165, 1.54) is 25.3 Å². The number of halogens is 2. The number of hydrogen-bond acceptors (Lipinski definition) is 9. The van der Waals surface area contributed by atoms with Crippen LogP contribution in [0.15, 0.2) is 61.3 Å². The Morgan fingerprint density at radius 2 is 1.79 bits per heavy atom. The molecule has 1 aliphatic carbocycles. The summed E-state index contributed by atoms with van der Waals surface area (Å²) in [6.07, 6.45) is 14.7. The lowest BCUT2D eigenvalue weighted by Crippen LogP contribution is -2.49. The third-order valence-corrected chi connectivity index (χ3v) is 11.7. The predicted molar refractivity (Wildman–Crippen MR) is 209 cm³/mol. The Labute approximate surface area is 322 Å². The molecule has 56 heavy (non-hydrogen) atoms. The monoisotopic (exact) mass is 762 g/mol. The number of amides is 3. The summed E-state index contributed by atoms with van der Waals surface area (Å²) in [6, 6.07) is 8.45. The molecule has 6 aromatic rings. The van der Waals surface area contributed by atoms with E-state index in [4.69, 9.17) is 10.2 Å². The molecule has 2 saturated heterocycles. The van der Waals surface area contributed by atoms with Gasteiger partial charge in [-0.15, -0.1) is 0 Å². The van der Waals surface area contributed by atoms with Crippen molar-refractivity contribution in [3.63, 3.8) is 0 Å². The van der Waals surface area contributed by atoms with Crippen molar-refractivity contribution in [3.8, 4) is 11.3 Å². The molecule has 3 fully saturated rings. The van der Waals surface area contributed by atoms with Crippen molar-refractivity contribution in [1.82, 2.24) is 44.1 Å². The van der Waals surface area contributed by atoms with Gasteiger partial charge in [-0.2, -0.15) is 10.2 Å². The van der Waals surface area contributed by atoms with Gasteiger partial charge in [0.25, 0.3) is 0 Å². The Balaban J connectivity index is 0.768. The third kappa shape index (κ3) is 6.71. The van der Waals surface area contributed by atoms with Crippen LogP contribution >= 0.6 is 0 Å². The van der Waals surface area contributed by atoms with E-state index in [0.29, 0.717) is 47.0 Å². The second-order valence-corrected chi connectivity index (χ2v) is 15.2. The highest BCUT2D eigenvalue weighted by Gasteiger charge is 2.30. The van der Waals surface area contributed by atoms with Crippen LogP contribution in [0.25, 0.3) is 27.8 Å². The van der Waals surface area contributed by atoms with Crippen molar-refractivity contribution in [2.24, 2.45) is 13.0 Å². The molecule has 4 aromatic heterocycles. The first-order valence-corrected chi connectivity index (χ1v) is 19.3. The number of hydrogen-bond donors (Lipinski definition) is 2. The maximum Gasteiger partial charge on any atom is 0.329 e. The molecular formula is C40H44F2N12O2. The van der Waals surface area contributed by atoms with Crippen molar-refractivity contribution in [3.05, 3.63) is 78.5 Å². The second-order valence-electron chi connectivity index (χ2n) is 15.2. The van der Waals surface area contributed by atoms with Gasteiger partial charge in [0.05, 0.1) is 41.0 Å². The Kier molecular flexibility index (Phi) is 9.35. The maximum absolute atomic E-state index is 14.8. The zero-order chi connectivity index (χ0) is 38.5. The Morgan fingerprint density at radius 3 is 2.59 bits per heavy atom. The van der Waals surface area contributed by atoms with Crippen molar-refractivity contribution < 1.29 is 18.4 Å². The lowest BCUT2D eigenvalue weighted by Gasteiger charge is -2.37. The lowest BCUT2D eigenvalue weighted by atomic mass is 9.84. The smallest absolute Gasteiger partial charge is 0.329 e. The number of carbonyl (C=O) groups is 2. The summed E-state index contributed by atoms with van der Waals surface area (Å²) < 4.78 is 34.3. The minimum absolute atomic E-state index is 0.257. The Hall–Kier alpha value is -5.90. The van der Waals surface area contributed by atoms with Crippen LogP contribution in [0.4, 0.5) is 36.6 Å². The van der Waals surface area contributed by atoms with E-state index in [9.17, 15) is 18.4 Å². The first kappa shape index (κ1) is 35.8.